The molecule has 0 aliphatic carbocycles. The zero-order valence-electron chi connectivity index (χ0n) is 20.3. The van der Waals surface area contributed by atoms with Gasteiger partial charge in [0, 0.05) is 23.4 Å². The topological polar surface area (TPSA) is 148 Å². The number of hydrogen-bond acceptors (Lipinski definition) is 9. The molecule has 1 fully saturated rings. The number of benzene rings is 2. The highest BCUT2D eigenvalue weighted by atomic mass is 32.2. The Balaban J connectivity index is 1.41. The number of aromatic amines is 1. The zero-order chi connectivity index (χ0) is 26.0. The third kappa shape index (κ3) is 7.76. The second-order valence-corrected chi connectivity index (χ2v) is 9.20. The summed E-state index contributed by atoms with van der Waals surface area (Å²) in [6, 6.07) is 14.3. The van der Waals surface area contributed by atoms with Crippen molar-refractivity contribution in [3.63, 3.8) is 0 Å². The normalized spacial score (nSPS) is 19.2. The number of aliphatic hydroxyl groups excluding tert-OH is 1. The SMILES string of the molecule is CCOC(=O)CNC(=O)Nc1ccc([C@@H]2O[C@H](CSc3ncn[nH]3)C[C@H](c3ccc(CO)cc3)O2)cc1. The number of thioether (sulfide) groups is 1. The number of nitrogens with one attached hydrogen (secondary N) is 3. The van der Waals surface area contributed by atoms with Gasteiger partial charge in [-0.2, -0.15) is 5.10 Å². The molecule has 196 valence electrons. The van der Waals surface area contributed by atoms with Gasteiger partial charge in [0.15, 0.2) is 11.4 Å². The molecule has 4 rings (SSSR count). The van der Waals surface area contributed by atoms with E-state index in [2.05, 4.69) is 25.8 Å². The Kier molecular flexibility index (Phi) is 9.49. The Morgan fingerprint density at radius 1 is 1.14 bits per heavy atom. The van der Waals surface area contributed by atoms with Gasteiger partial charge < -0.3 is 30.0 Å². The highest BCUT2D eigenvalue weighted by molar-refractivity contribution is 7.99. The van der Waals surface area contributed by atoms with E-state index < -0.39 is 18.3 Å². The molecule has 37 heavy (non-hydrogen) atoms. The second-order valence-electron chi connectivity index (χ2n) is 8.19. The van der Waals surface area contributed by atoms with Crippen molar-refractivity contribution >= 4 is 29.4 Å². The summed E-state index contributed by atoms with van der Waals surface area (Å²) in [5, 5.41) is 21.9. The highest BCUT2D eigenvalue weighted by Crippen LogP contribution is 2.39. The summed E-state index contributed by atoms with van der Waals surface area (Å²) >= 11 is 1.52. The molecule has 11 nitrogen and oxygen atoms in total. The molecule has 0 radical (unpaired) electrons. The predicted octanol–water partition coefficient (Wildman–Crippen LogP) is 3.32. The van der Waals surface area contributed by atoms with Crippen LogP contribution in [0.3, 0.4) is 0 Å². The first kappa shape index (κ1) is 26.6. The van der Waals surface area contributed by atoms with Crippen molar-refractivity contribution in [3.05, 3.63) is 71.5 Å². The van der Waals surface area contributed by atoms with Gasteiger partial charge in [0.05, 0.1) is 25.4 Å². The van der Waals surface area contributed by atoms with Crippen LogP contribution in [0.25, 0.3) is 0 Å². The third-order valence-electron chi connectivity index (χ3n) is 5.55. The molecule has 1 aliphatic heterocycles. The quantitative estimate of drug-likeness (QED) is 0.230. The van der Waals surface area contributed by atoms with Crippen LogP contribution >= 0.6 is 11.8 Å². The Hall–Kier alpha value is -3.45. The summed E-state index contributed by atoms with van der Waals surface area (Å²) < 4.78 is 17.4. The van der Waals surface area contributed by atoms with Gasteiger partial charge in [0.25, 0.3) is 0 Å². The number of nitrogens with zero attached hydrogens (tertiary/aromatic N) is 2. The van der Waals surface area contributed by atoms with Gasteiger partial charge in [0.1, 0.15) is 12.9 Å². The number of carbonyl (C=O) groups excluding carboxylic acids is 2. The number of aliphatic hydroxyl groups is 1. The van der Waals surface area contributed by atoms with E-state index in [-0.39, 0.29) is 32.0 Å². The molecule has 4 N–H and O–H groups in total. The molecule has 0 unspecified atom stereocenters. The minimum Gasteiger partial charge on any atom is -0.465 e. The molecule has 2 aromatic carbocycles. The number of urea groups is 1. The lowest BCUT2D eigenvalue weighted by molar-refractivity contribution is -0.245. The minimum atomic E-state index is -0.622. The van der Waals surface area contributed by atoms with E-state index in [4.69, 9.17) is 14.2 Å². The zero-order valence-corrected chi connectivity index (χ0v) is 21.1. The maximum Gasteiger partial charge on any atom is 0.325 e. The summed E-state index contributed by atoms with van der Waals surface area (Å²) in [5.41, 5.74) is 3.18. The first-order valence-corrected chi connectivity index (χ1v) is 12.8. The van der Waals surface area contributed by atoms with Gasteiger partial charge in [-0.15, -0.1) is 0 Å². The molecule has 2 heterocycles. The van der Waals surface area contributed by atoms with Crippen LogP contribution < -0.4 is 10.6 Å². The van der Waals surface area contributed by atoms with Gasteiger partial charge in [-0.05, 0) is 30.2 Å². The molecular weight excluding hydrogens is 498 g/mol. The fraction of sp³-hybridized carbons (Fsp3) is 0.360. The van der Waals surface area contributed by atoms with Crippen LogP contribution in [0.4, 0.5) is 10.5 Å². The molecule has 3 atom stereocenters. The van der Waals surface area contributed by atoms with E-state index in [9.17, 15) is 14.7 Å². The number of carbonyl (C=O) groups is 2. The van der Waals surface area contributed by atoms with Gasteiger partial charge in [-0.25, -0.2) is 9.78 Å². The molecule has 12 heteroatoms. The third-order valence-corrected chi connectivity index (χ3v) is 6.56. The fourth-order valence-electron chi connectivity index (χ4n) is 3.72. The molecule has 0 spiro atoms. The number of rotatable bonds is 10. The lowest BCUT2D eigenvalue weighted by atomic mass is 10.0. The fourth-order valence-corrected chi connectivity index (χ4v) is 4.52. The van der Waals surface area contributed by atoms with E-state index in [0.717, 1.165) is 16.7 Å². The summed E-state index contributed by atoms with van der Waals surface area (Å²) in [6.45, 7) is 1.72. The Morgan fingerprint density at radius 2 is 1.89 bits per heavy atom. The van der Waals surface area contributed by atoms with Crippen molar-refractivity contribution in [3.8, 4) is 0 Å². The van der Waals surface area contributed by atoms with Crippen LogP contribution in [0.1, 0.15) is 42.4 Å². The van der Waals surface area contributed by atoms with Crippen molar-refractivity contribution in [2.24, 2.45) is 0 Å². The minimum absolute atomic E-state index is 0.0186. The van der Waals surface area contributed by atoms with Crippen LogP contribution in [0.15, 0.2) is 60.0 Å². The molecule has 2 amide bonds. The van der Waals surface area contributed by atoms with Crippen molar-refractivity contribution in [1.29, 1.82) is 0 Å². The number of anilines is 1. The average molecular weight is 528 g/mol. The van der Waals surface area contributed by atoms with Crippen molar-refractivity contribution in [1.82, 2.24) is 20.5 Å². The summed E-state index contributed by atoms with van der Waals surface area (Å²) in [5.74, 6) is 0.150. The standard InChI is InChI=1S/C25H29N5O6S/c1-2-34-22(32)12-26-24(33)29-19-9-7-18(8-10-19)23-35-20(14-37-25-27-15-28-30-25)11-21(36-23)17-5-3-16(13-31)4-6-17/h3-10,15,20-21,23,31H,2,11-14H2,1H3,(H2,26,29,33)(H,27,28,30)/t20-,21+,23+/m0/s1. The largest absolute Gasteiger partial charge is 0.465 e. The van der Waals surface area contributed by atoms with E-state index in [1.54, 1.807) is 19.1 Å². The van der Waals surface area contributed by atoms with Crippen LogP contribution in [0.2, 0.25) is 0 Å². The lowest BCUT2D eigenvalue weighted by Crippen LogP contribution is -2.34. The van der Waals surface area contributed by atoms with Crippen LogP contribution in [0.5, 0.6) is 0 Å². The first-order valence-electron chi connectivity index (χ1n) is 11.8. The van der Waals surface area contributed by atoms with E-state index in [0.29, 0.717) is 23.0 Å². The molecule has 1 aromatic heterocycles. The van der Waals surface area contributed by atoms with Crippen molar-refractivity contribution < 1.29 is 28.9 Å². The van der Waals surface area contributed by atoms with Gasteiger partial charge in [0.2, 0.25) is 0 Å². The molecule has 1 saturated heterocycles. The molecule has 1 aliphatic rings. The number of H-pyrrole nitrogens is 1. The van der Waals surface area contributed by atoms with Gasteiger partial charge in [-0.1, -0.05) is 48.2 Å². The molecular formula is C25H29N5O6S. The number of aromatic nitrogens is 3. The first-order chi connectivity index (χ1) is 18.0. The molecule has 0 saturated carbocycles. The smallest absolute Gasteiger partial charge is 0.325 e. The summed E-state index contributed by atoms with van der Waals surface area (Å²) in [6.07, 6.45) is 1.16. The Morgan fingerprint density at radius 3 is 2.57 bits per heavy atom. The Labute approximate surface area is 218 Å². The molecule has 0 bridgehead atoms. The van der Waals surface area contributed by atoms with Crippen LogP contribution in [-0.2, 0) is 25.6 Å². The monoisotopic (exact) mass is 527 g/mol. The maximum atomic E-state index is 12.1. The maximum absolute atomic E-state index is 12.1. The van der Waals surface area contributed by atoms with Crippen LogP contribution in [-0.4, -0.2) is 57.3 Å². The van der Waals surface area contributed by atoms with Gasteiger partial charge >= 0.3 is 12.0 Å². The second kappa shape index (κ2) is 13.2. The van der Waals surface area contributed by atoms with Crippen molar-refractivity contribution in [2.45, 2.75) is 43.6 Å². The summed E-state index contributed by atoms with van der Waals surface area (Å²) in [4.78, 5) is 27.6. The number of hydrogen-bond donors (Lipinski definition) is 4. The lowest BCUT2D eigenvalue weighted by Gasteiger charge is -2.36. The van der Waals surface area contributed by atoms with Crippen molar-refractivity contribution in [2.75, 3.05) is 24.2 Å². The summed E-state index contributed by atoms with van der Waals surface area (Å²) in [7, 11) is 0. The highest BCUT2D eigenvalue weighted by Gasteiger charge is 2.32. The number of esters is 1. The molecule has 3 aromatic rings. The van der Waals surface area contributed by atoms with Crippen LogP contribution in [0, 0.1) is 0 Å². The van der Waals surface area contributed by atoms with E-state index >= 15 is 0 Å². The van der Waals surface area contributed by atoms with Gasteiger partial charge in [-0.3, -0.25) is 9.89 Å². The average Bonchev–Trinajstić information content (AvgIpc) is 3.45. The predicted molar refractivity (Wildman–Crippen MR) is 136 cm³/mol. The van der Waals surface area contributed by atoms with E-state index in [1.165, 1.54) is 18.1 Å². The Bertz CT molecular complexity index is 1140. The van der Waals surface area contributed by atoms with E-state index in [1.807, 2.05) is 36.4 Å². The number of amides is 2. The number of ether oxygens (including phenoxy) is 3.